The zero-order chi connectivity index (χ0) is 18.8. The fraction of sp³-hybridized carbons (Fsp3) is 0.263. The molecule has 1 aliphatic rings. The minimum Gasteiger partial charge on any atom is -0.487 e. The average molecular weight is 365 g/mol. The molecule has 0 saturated heterocycles. The Labute approximate surface area is 156 Å². The third-order valence-electron chi connectivity index (χ3n) is 4.32. The smallest absolute Gasteiger partial charge is 0.318 e. The van der Waals surface area contributed by atoms with Gasteiger partial charge in [-0.25, -0.2) is 4.98 Å². The summed E-state index contributed by atoms with van der Waals surface area (Å²) in [5.74, 6) is 1.11. The minimum atomic E-state index is -0.159. The molecule has 3 heterocycles. The fourth-order valence-corrected chi connectivity index (χ4v) is 3.08. The normalized spacial score (nSPS) is 16.1. The molecule has 0 N–H and O–H groups in total. The van der Waals surface area contributed by atoms with Crippen molar-refractivity contribution in [3.63, 3.8) is 0 Å². The number of amides is 1. The molecule has 0 aliphatic carbocycles. The molecule has 1 aromatic carbocycles. The molecule has 27 heavy (non-hydrogen) atoms. The van der Waals surface area contributed by atoms with Crippen LogP contribution in [0, 0.1) is 0 Å². The Kier molecular flexibility index (Phi) is 4.45. The van der Waals surface area contributed by atoms with Gasteiger partial charge in [-0.1, -0.05) is 18.2 Å². The molecule has 8 nitrogen and oxygen atoms in total. The van der Waals surface area contributed by atoms with Crippen molar-refractivity contribution in [1.29, 1.82) is 0 Å². The lowest BCUT2D eigenvalue weighted by Gasteiger charge is -2.32. The summed E-state index contributed by atoms with van der Waals surface area (Å²) in [7, 11) is 1.49. The van der Waals surface area contributed by atoms with Crippen molar-refractivity contribution in [2.45, 2.75) is 26.1 Å². The largest absolute Gasteiger partial charge is 0.487 e. The number of fused-ring (bicyclic) bond motifs is 1. The molecule has 2 aromatic heterocycles. The van der Waals surface area contributed by atoms with Crippen molar-refractivity contribution >= 4 is 11.7 Å². The summed E-state index contributed by atoms with van der Waals surface area (Å²) in [5, 5.41) is 4.52. The van der Waals surface area contributed by atoms with E-state index in [2.05, 4.69) is 15.1 Å². The summed E-state index contributed by atoms with van der Waals surface area (Å²) in [4.78, 5) is 23.0. The monoisotopic (exact) mass is 365 g/mol. The number of rotatable bonds is 5. The highest BCUT2D eigenvalue weighted by molar-refractivity contribution is 6.05. The number of para-hydroxylation sites is 1. The molecule has 1 aliphatic heterocycles. The maximum atomic E-state index is 13.0. The van der Waals surface area contributed by atoms with Gasteiger partial charge in [0.05, 0.1) is 19.7 Å². The Morgan fingerprint density at radius 1 is 1.22 bits per heavy atom. The highest BCUT2D eigenvalue weighted by Gasteiger charge is 2.33. The Morgan fingerprint density at radius 3 is 2.81 bits per heavy atom. The second-order valence-electron chi connectivity index (χ2n) is 6.23. The van der Waals surface area contributed by atoms with Gasteiger partial charge in [-0.05, 0) is 31.2 Å². The van der Waals surface area contributed by atoms with Crippen molar-refractivity contribution in [2.24, 2.45) is 0 Å². The highest BCUT2D eigenvalue weighted by atomic mass is 16.5. The standard InChI is InChI=1S/C19H19N5O3/c1-13-11-23-16(10-14(22-23)12-27-15-6-4-3-5-7-15)18(25)24(13)17-8-9-20-19(21-17)26-2/h3-10,13H,11-12H2,1-2H3/t13-/m1/s1. The van der Waals surface area contributed by atoms with Crippen LogP contribution in [-0.4, -0.2) is 38.8 Å². The maximum Gasteiger partial charge on any atom is 0.318 e. The van der Waals surface area contributed by atoms with Crippen molar-refractivity contribution in [3.05, 3.63) is 60.0 Å². The number of carbonyl (C=O) groups excluding carboxylic acids is 1. The lowest BCUT2D eigenvalue weighted by Crippen LogP contribution is -2.47. The highest BCUT2D eigenvalue weighted by Crippen LogP contribution is 2.25. The predicted octanol–water partition coefficient (Wildman–Crippen LogP) is 2.31. The number of hydrogen-bond donors (Lipinski definition) is 0. The maximum absolute atomic E-state index is 13.0. The first-order valence-electron chi connectivity index (χ1n) is 8.61. The van der Waals surface area contributed by atoms with Crippen molar-refractivity contribution in [3.8, 4) is 11.8 Å². The molecule has 0 radical (unpaired) electrons. The Bertz CT molecular complexity index is 957. The SMILES string of the molecule is COc1nccc(N2C(=O)c3cc(COc4ccccc4)nn3C[C@H]2C)n1. The van der Waals surface area contributed by atoms with Gasteiger partial charge in [-0.15, -0.1) is 0 Å². The van der Waals surface area contributed by atoms with Crippen LogP contribution in [0.25, 0.3) is 0 Å². The van der Waals surface area contributed by atoms with Crippen LogP contribution in [0.4, 0.5) is 5.82 Å². The van der Waals surface area contributed by atoms with Crippen molar-refractivity contribution in [1.82, 2.24) is 19.7 Å². The Hall–Kier alpha value is -3.42. The van der Waals surface area contributed by atoms with E-state index in [9.17, 15) is 4.79 Å². The van der Waals surface area contributed by atoms with E-state index in [1.165, 1.54) is 7.11 Å². The number of nitrogens with zero attached hydrogens (tertiary/aromatic N) is 5. The van der Waals surface area contributed by atoms with Gasteiger partial charge in [0.25, 0.3) is 5.91 Å². The van der Waals surface area contributed by atoms with E-state index < -0.39 is 0 Å². The molecular weight excluding hydrogens is 346 g/mol. The minimum absolute atomic E-state index is 0.104. The van der Waals surface area contributed by atoms with Crippen LogP contribution in [-0.2, 0) is 13.2 Å². The van der Waals surface area contributed by atoms with Crippen LogP contribution < -0.4 is 14.4 Å². The first kappa shape index (κ1) is 17.0. The van der Waals surface area contributed by atoms with E-state index in [1.807, 2.05) is 37.3 Å². The van der Waals surface area contributed by atoms with Gasteiger partial charge in [0.15, 0.2) is 0 Å². The summed E-state index contributed by atoms with van der Waals surface area (Å²) in [6, 6.07) is 13.1. The van der Waals surface area contributed by atoms with Crippen molar-refractivity contribution < 1.29 is 14.3 Å². The summed E-state index contributed by atoms with van der Waals surface area (Å²) in [6.45, 7) is 2.82. The number of carbonyl (C=O) groups is 1. The molecule has 138 valence electrons. The molecule has 0 saturated carbocycles. The zero-order valence-electron chi connectivity index (χ0n) is 15.1. The van der Waals surface area contributed by atoms with E-state index in [-0.39, 0.29) is 18.0 Å². The molecule has 0 bridgehead atoms. The van der Waals surface area contributed by atoms with E-state index in [0.717, 1.165) is 5.75 Å². The molecule has 4 rings (SSSR count). The molecule has 3 aromatic rings. The first-order chi connectivity index (χ1) is 13.2. The lowest BCUT2D eigenvalue weighted by molar-refractivity contribution is 0.0945. The molecule has 1 amide bonds. The van der Waals surface area contributed by atoms with E-state index in [1.54, 1.807) is 27.9 Å². The summed E-state index contributed by atoms with van der Waals surface area (Å²) in [5.41, 5.74) is 1.22. The molecule has 8 heteroatoms. The molecule has 0 fully saturated rings. The predicted molar refractivity (Wildman–Crippen MR) is 97.9 cm³/mol. The average Bonchev–Trinajstić information content (AvgIpc) is 3.10. The van der Waals surface area contributed by atoms with Gasteiger partial charge in [-0.2, -0.15) is 10.1 Å². The van der Waals surface area contributed by atoms with Gasteiger partial charge >= 0.3 is 6.01 Å². The third kappa shape index (κ3) is 3.33. The zero-order valence-corrected chi connectivity index (χ0v) is 15.1. The van der Waals surface area contributed by atoms with Gasteiger partial charge in [-0.3, -0.25) is 14.4 Å². The van der Waals surface area contributed by atoms with Crippen LogP contribution in [0.1, 0.15) is 23.1 Å². The number of aromatic nitrogens is 4. The van der Waals surface area contributed by atoms with Crippen molar-refractivity contribution in [2.75, 3.05) is 12.0 Å². The third-order valence-corrected chi connectivity index (χ3v) is 4.32. The fourth-order valence-electron chi connectivity index (χ4n) is 3.08. The Balaban J connectivity index is 1.57. The molecule has 0 spiro atoms. The second kappa shape index (κ2) is 7.06. The number of methoxy groups -OCH3 is 1. The Morgan fingerprint density at radius 2 is 2.04 bits per heavy atom. The van der Waals surface area contributed by atoms with Crippen LogP contribution in [0.3, 0.4) is 0 Å². The van der Waals surface area contributed by atoms with Gasteiger partial charge in [0.1, 0.15) is 29.6 Å². The lowest BCUT2D eigenvalue weighted by atomic mass is 10.2. The van der Waals surface area contributed by atoms with Crippen LogP contribution in [0.15, 0.2) is 48.7 Å². The number of ether oxygens (including phenoxy) is 2. The number of benzene rings is 1. The molecule has 0 unspecified atom stereocenters. The van der Waals surface area contributed by atoms with Crippen LogP contribution in [0.5, 0.6) is 11.8 Å². The summed E-state index contributed by atoms with van der Waals surface area (Å²) >= 11 is 0. The number of hydrogen-bond acceptors (Lipinski definition) is 6. The van der Waals surface area contributed by atoms with E-state index in [0.29, 0.717) is 30.4 Å². The topological polar surface area (TPSA) is 82.4 Å². The second-order valence-corrected chi connectivity index (χ2v) is 6.23. The summed E-state index contributed by atoms with van der Waals surface area (Å²) < 4.78 is 12.5. The molecule has 1 atom stereocenters. The number of anilines is 1. The van der Waals surface area contributed by atoms with Gasteiger partial charge < -0.3 is 9.47 Å². The van der Waals surface area contributed by atoms with Crippen LogP contribution in [0.2, 0.25) is 0 Å². The first-order valence-corrected chi connectivity index (χ1v) is 8.61. The van der Waals surface area contributed by atoms with E-state index in [4.69, 9.17) is 9.47 Å². The molecular formula is C19H19N5O3. The van der Waals surface area contributed by atoms with Gasteiger partial charge in [0, 0.05) is 6.20 Å². The van der Waals surface area contributed by atoms with Crippen LogP contribution >= 0.6 is 0 Å². The summed E-state index contributed by atoms with van der Waals surface area (Å²) in [6.07, 6.45) is 1.58. The van der Waals surface area contributed by atoms with E-state index >= 15 is 0 Å². The van der Waals surface area contributed by atoms with Gasteiger partial charge in [0.2, 0.25) is 0 Å². The quantitative estimate of drug-likeness (QED) is 0.690.